The average molecular weight is 306 g/mol. The molecule has 1 saturated heterocycles. The van der Waals surface area contributed by atoms with Crippen LogP contribution in [0.25, 0.3) is 11.2 Å². The second-order valence-corrected chi connectivity index (χ2v) is 5.47. The normalized spacial score (nSPS) is 21.9. The highest BCUT2D eigenvalue weighted by molar-refractivity contribution is 5.79. The van der Waals surface area contributed by atoms with E-state index in [0.29, 0.717) is 12.3 Å². The first-order valence-corrected chi connectivity index (χ1v) is 7.14. The Kier molecular flexibility index (Phi) is 3.80. The minimum atomic E-state index is -0.417. The van der Waals surface area contributed by atoms with Crippen molar-refractivity contribution in [3.63, 3.8) is 0 Å². The van der Waals surface area contributed by atoms with Crippen LogP contribution < -0.4 is 16.6 Å². The number of hydrogen-bond donors (Lipinski definition) is 3. The van der Waals surface area contributed by atoms with Gasteiger partial charge >= 0.3 is 0 Å². The van der Waals surface area contributed by atoms with E-state index in [1.54, 1.807) is 0 Å². The number of nitrogens with one attached hydrogen (secondary N) is 2. The van der Waals surface area contributed by atoms with Crippen molar-refractivity contribution in [2.24, 2.45) is 0 Å². The number of H-pyrrole nitrogens is 1. The Labute approximate surface area is 125 Å². The lowest BCUT2D eigenvalue weighted by Crippen LogP contribution is -2.42. The van der Waals surface area contributed by atoms with Crippen LogP contribution in [0.2, 0.25) is 0 Å². The van der Waals surface area contributed by atoms with Crippen molar-refractivity contribution < 1.29 is 9.53 Å². The number of aromatic nitrogens is 4. The number of ether oxygens (including phenoxy) is 1. The number of amides is 1. The quantitative estimate of drug-likeness (QED) is 0.693. The van der Waals surface area contributed by atoms with Gasteiger partial charge in [-0.1, -0.05) is 0 Å². The molecule has 1 aliphatic rings. The van der Waals surface area contributed by atoms with Crippen molar-refractivity contribution in [3.05, 3.63) is 16.7 Å². The van der Waals surface area contributed by atoms with E-state index >= 15 is 0 Å². The van der Waals surface area contributed by atoms with E-state index in [1.165, 1.54) is 10.9 Å². The molecule has 2 unspecified atom stereocenters. The lowest BCUT2D eigenvalue weighted by Gasteiger charge is -2.27. The van der Waals surface area contributed by atoms with E-state index in [9.17, 15) is 9.59 Å². The monoisotopic (exact) mass is 306 g/mol. The van der Waals surface area contributed by atoms with Crippen molar-refractivity contribution >= 4 is 23.0 Å². The molecule has 9 nitrogen and oxygen atoms in total. The zero-order valence-electron chi connectivity index (χ0n) is 12.2. The fourth-order valence-corrected chi connectivity index (χ4v) is 2.64. The van der Waals surface area contributed by atoms with Gasteiger partial charge in [0.15, 0.2) is 11.2 Å². The molecule has 118 valence electrons. The topological polar surface area (TPSA) is 128 Å². The van der Waals surface area contributed by atoms with Crippen LogP contribution in [0.1, 0.15) is 19.8 Å². The predicted octanol–water partition coefficient (Wildman–Crippen LogP) is -0.614. The van der Waals surface area contributed by atoms with Gasteiger partial charge in [-0.05, 0) is 19.8 Å². The van der Waals surface area contributed by atoms with Gasteiger partial charge in [-0.2, -0.15) is 4.98 Å². The van der Waals surface area contributed by atoms with Crippen molar-refractivity contribution in [1.29, 1.82) is 0 Å². The van der Waals surface area contributed by atoms with E-state index in [-0.39, 0.29) is 36.1 Å². The molecule has 0 aliphatic carbocycles. The molecule has 2 aromatic rings. The maximum atomic E-state index is 12.2. The van der Waals surface area contributed by atoms with Gasteiger partial charge in [0.1, 0.15) is 6.54 Å². The summed E-state index contributed by atoms with van der Waals surface area (Å²) in [6, 6.07) is 0.104. The van der Waals surface area contributed by atoms with Gasteiger partial charge in [0.25, 0.3) is 5.56 Å². The number of carbonyl (C=O) groups excluding carboxylic acids is 1. The molecule has 2 atom stereocenters. The van der Waals surface area contributed by atoms with E-state index in [4.69, 9.17) is 10.5 Å². The van der Waals surface area contributed by atoms with Crippen LogP contribution in [0.4, 0.5) is 5.95 Å². The van der Waals surface area contributed by atoms with Crippen molar-refractivity contribution in [3.8, 4) is 0 Å². The number of anilines is 1. The highest BCUT2D eigenvalue weighted by atomic mass is 16.5. The number of imidazole rings is 1. The summed E-state index contributed by atoms with van der Waals surface area (Å²) in [5.41, 5.74) is 5.58. The van der Waals surface area contributed by atoms with Gasteiger partial charge in [-0.15, -0.1) is 0 Å². The van der Waals surface area contributed by atoms with Crippen molar-refractivity contribution in [1.82, 2.24) is 24.8 Å². The Morgan fingerprint density at radius 3 is 3.23 bits per heavy atom. The van der Waals surface area contributed by atoms with Crippen LogP contribution in [-0.4, -0.2) is 44.2 Å². The standard InChI is InChI=1S/C13H18N6O3/c1-7-4-8(2-3-22-7)16-9(20)5-19-6-15-10-11(19)17-13(14)18-12(10)21/h6-8H,2-5H2,1H3,(H,16,20)(H3,14,17,18,21). The van der Waals surface area contributed by atoms with Gasteiger partial charge in [0.05, 0.1) is 12.4 Å². The molecule has 0 saturated carbocycles. The molecular weight excluding hydrogens is 288 g/mol. The Morgan fingerprint density at radius 1 is 1.64 bits per heavy atom. The molecule has 9 heteroatoms. The second-order valence-electron chi connectivity index (χ2n) is 5.47. The minimum Gasteiger partial charge on any atom is -0.378 e. The first-order chi connectivity index (χ1) is 10.5. The third kappa shape index (κ3) is 2.93. The zero-order valence-corrected chi connectivity index (χ0v) is 12.2. The van der Waals surface area contributed by atoms with Crippen LogP contribution in [0, 0.1) is 0 Å². The maximum Gasteiger partial charge on any atom is 0.280 e. The van der Waals surface area contributed by atoms with Gasteiger partial charge in [0.2, 0.25) is 11.9 Å². The molecule has 22 heavy (non-hydrogen) atoms. The number of carbonyl (C=O) groups is 1. The number of nitrogen functional groups attached to an aromatic ring is 1. The van der Waals surface area contributed by atoms with E-state index in [1.807, 2.05) is 6.92 Å². The molecule has 0 aromatic carbocycles. The second kappa shape index (κ2) is 5.76. The molecule has 0 spiro atoms. The molecule has 3 heterocycles. The molecule has 0 bridgehead atoms. The average Bonchev–Trinajstić information content (AvgIpc) is 2.82. The summed E-state index contributed by atoms with van der Waals surface area (Å²) in [7, 11) is 0. The van der Waals surface area contributed by atoms with Crippen LogP contribution in [-0.2, 0) is 16.1 Å². The lowest BCUT2D eigenvalue weighted by molar-refractivity contribution is -0.123. The largest absolute Gasteiger partial charge is 0.378 e. The molecule has 1 fully saturated rings. The summed E-state index contributed by atoms with van der Waals surface area (Å²) in [6.45, 7) is 2.67. The van der Waals surface area contributed by atoms with Gasteiger partial charge in [0, 0.05) is 12.6 Å². The van der Waals surface area contributed by atoms with Crippen LogP contribution >= 0.6 is 0 Å². The van der Waals surface area contributed by atoms with Gasteiger partial charge in [-0.25, -0.2) is 4.98 Å². The highest BCUT2D eigenvalue weighted by Gasteiger charge is 2.21. The lowest BCUT2D eigenvalue weighted by atomic mass is 10.0. The summed E-state index contributed by atoms with van der Waals surface area (Å²) in [6.07, 6.45) is 3.15. The maximum absolute atomic E-state index is 12.2. The zero-order chi connectivity index (χ0) is 15.7. The molecule has 2 aromatic heterocycles. The Bertz CT molecular complexity index is 752. The summed E-state index contributed by atoms with van der Waals surface area (Å²) in [5.74, 6) is -0.156. The summed E-state index contributed by atoms with van der Waals surface area (Å²) >= 11 is 0. The van der Waals surface area contributed by atoms with Crippen molar-refractivity contribution in [2.45, 2.75) is 38.5 Å². The summed E-state index contributed by atoms with van der Waals surface area (Å²) in [4.78, 5) is 34.2. The van der Waals surface area contributed by atoms with Crippen LogP contribution in [0.15, 0.2) is 11.1 Å². The molecule has 1 aliphatic heterocycles. The fourth-order valence-electron chi connectivity index (χ4n) is 2.64. The third-order valence-corrected chi connectivity index (χ3v) is 3.66. The molecule has 0 radical (unpaired) electrons. The number of fused-ring (bicyclic) bond motifs is 1. The molecular formula is C13H18N6O3. The minimum absolute atomic E-state index is 0.00193. The van der Waals surface area contributed by atoms with Crippen LogP contribution in [0.5, 0.6) is 0 Å². The number of nitrogens with zero attached hydrogens (tertiary/aromatic N) is 3. The third-order valence-electron chi connectivity index (χ3n) is 3.66. The molecule has 4 N–H and O–H groups in total. The van der Waals surface area contributed by atoms with Gasteiger partial charge < -0.3 is 20.4 Å². The Hall–Kier alpha value is -2.42. The Balaban J connectivity index is 1.73. The smallest absolute Gasteiger partial charge is 0.280 e. The predicted molar refractivity (Wildman–Crippen MR) is 79.1 cm³/mol. The van der Waals surface area contributed by atoms with E-state index < -0.39 is 5.56 Å². The Morgan fingerprint density at radius 2 is 2.45 bits per heavy atom. The molecule has 1 amide bonds. The number of rotatable bonds is 3. The number of aromatic amines is 1. The van der Waals surface area contributed by atoms with E-state index in [2.05, 4.69) is 20.3 Å². The number of nitrogens with two attached hydrogens (primary N) is 1. The SMILES string of the molecule is CC1CC(NC(=O)Cn2cnc3c(=O)[nH]c(N)nc32)CCO1. The van der Waals surface area contributed by atoms with E-state index in [0.717, 1.165) is 12.8 Å². The summed E-state index contributed by atoms with van der Waals surface area (Å²) in [5, 5.41) is 2.97. The first-order valence-electron chi connectivity index (χ1n) is 7.14. The van der Waals surface area contributed by atoms with Gasteiger partial charge in [-0.3, -0.25) is 14.6 Å². The van der Waals surface area contributed by atoms with Crippen molar-refractivity contribution in [2.75, 3.05) is 12.3 Å². The molecule has 3 rings (SSSR count). The highest BCUT2D eigenvalue weighted by Crippen LogP contribution is 2.13. The summed E-state index contributed by atoms with van der Waals surface area (Å²) < 4.78 is 6.96. The fraction of sp³-hybridized carbons (Fsp3) is 0.538. The first kappa shape index (κ1) is 14.5. The van der Waals surface area contributed by atoms with Crippen LogP contribution in [0.3, 0.4) is 0 Å². The number of hydrogen-bond acceptors (Lipinski definition) is 6.